The highest BCUT2D eigenvalue weighted by atomic mass is 16.6. The van der Waals surface area contributed by atoms with Crippen molar-refractivity contribution in [2.24, 2.45) is 5.41 Å². The van der Waals surface area contributed by atoms with Gasteiger partial charge in [-0.2, -0.15) is 0 Å². The predicted molar refractivity (Wildman–Crippen MR) is 136 cm³/mol. The number of carbonyl (C=O) groups is 3. The molecular formula is C27H40N2O6. The van der Waals surface area contributed by atoms with Gasteiger partial charge in [0.1, 0.15) is 11.6 Å². The molecular weight excluding hydrogens is 448 g/mol. The molecule has 2 rings (SSSR count). The Labute approximate surface area is 208 Å². The molecule has 1 aromatic heterocycles. The molecule has 8 nitrogen and oxygen atoms in total. The Morgan fingerprint density at radius 1 is 1.03 bits per heavy atom. The standard InChI is InChI=1S/C27H40N2O6/c1-25(2,3)23(31)29-16-18(15-20(22(30)34-9)28-24(32)35-26(4,5)6)19-12-10-11-17(21(19)29)13-14-27(7,8)33/h10-12,16,20,33H,13-15H2,1-9H3,(H,28,32)/t20-/m0/s1. The molecule has 35 heavy (non-hydrogen) atoms. The number of rotatable bonds is 7. The van der Waals surface area contributed by atoms with Gasteiger partial charge in [-0.15, -0.1) is 0 Å². The van der Waals surface area contributed by atoms with Crippen molar-refractivity contribution < 1.29 is 29.0 Å². The summed E-state index contributed by atoms with van der Waals surface area (Å²) < 4.78 is 11.9. The number of alkyl carbamates (subject to hydrolysis) is 1. The Kier molecular flexibility index (Phi) is 8.43. The maximum Gasteiger partial charge on any atom is 0.408 e. The molecule has 0 aliphatic rings. The fourth-order valence-electron chi connectivity index (χ4n) is 3.76. The first-order valence-corrected chi connectivity index (χ1v) is 11.9. The van der Waals surface area contributed by atoms with Crippen LogP contribution in [0, 0.1) is 5.41 Å². The normalized spacial score (nSPS) is 13.4. The van der Waals surface area contributed by atoms with Crippen molar-refractivity contribution in [3.05, 3.63) is 35.5 Å². The molecule has 1 aromatic carbocycles. The minimum atomic E-state index is -1.00. The highest BCUT2D eigenvalue weighted by Crippen LogP contribution is 2.31. The molecule has 0 saturated heterocycles. The Morgan fingerprint density at radius 2 is 1.66 bits per heavy atom. The lowest BCUT2D eigenvalue weighted by Crippen LogP contribution is -2.45. The Bertz CT molecular complexity index is 1080. The summed E-state index contributed by atoms with van der Waals surface area (Å²) in [6.07, 6.45) is 2.20. The Balaban J connectivity index is 2.57. The minimum absolute atomic E-state index is 0.0980. The number of hydrogen-bond acceptors (Lipinski definition) is 6. The highest BCUT2D eigenvalue weighted by Gasteiger charge is 2.30. The molecule has 0 aliphatic heterocycles. The number of esters is 1. The quantitative estimate of drug-likeness (QED) is 0.550. The number of ether oxygens (including phenoxy) is 2. The van der Waals surface area contributed by atoms with Gasteiger partial charge in [0.15, 0.2) is 0 Å². The lowest BCUT2D eigenvalue weighted by Gasteiger charge is -2.22. The molecule has 1 atom stereocenters. The molecule has 2 N–H and O–H groups in total. The highest BCUT2D eigenvalue weighted by molar-refractivity contribution is 5.98. The molecule has 0 spiro atoms. The van der Waals surface area contributed by atoms with Crippen LogP contribution in [-0.4, -0.2) is 52.0 Å². The lowest BCUT2D eigenvalue weighted by atomic mass is 9.94. The summed E-state index contributed by atoms with van der Waals surface area (Å²) in [5.41, 5.74) is 0.146. The number of aryl methyl sites for hydroxylation is 1. The molecule has 0 radical (unpaired) electrons. The molecule has 194 valence electrons. The number of fused-ring (bicyclic) bond motifs is 1. The summed E-state index contributed by atoms with van der Waals surface area (Å²) >= 11 is 0. The maximum absolute atomic E-state index is 13.4. The maximum atomic E-state index is 13.4. The van der Waals surface area contributed by atoms with E-state index in [1.54, 1.807) is 45.4 Å². The second-order valence-electron chi connectivity index (χ2n) is 11.6. The molecule has 0 aliphatic carbocycles. The second kappa shape index (κ2) is 10.4. The predicted octanol–water partition coefficient (Wildman–Crippen LogP) is 4.64. The third kappa shape index (κ3) is 7.82. The van der Waals surface area contributed by atoms with Crippen LogP contribution in [0.1, 0.15) is 77.7 Å². The molecule has 1 amide bonds. The van der Waals surface area contributed by atoms with Gasteiger partial charge < -0.3 is 19.9 Å². The van der Waals surface area contributed by atoms with Gasteiger partial charge in [0, 0.05) is 23.4 Å². The smallest absolute Gasteiger partial charge is 0.408 e. The van der Waals surface area contributed by atoms with Crippen LogP contribution in [0.25, 0.3) is 10.9 Å². The van der Waals surface area contributed by atoms with Crippen LogP contribution in [0.2, 0.25) is 0 Å². The van der Waals surface area contributed by atoms with Crippen molar-refractivity contribution in [2.75, 3.05) is 7.11 Å². The number of methoxy groups -OCH3 is 1. The van der Waals surface area contributed by atoms with Gasteiger partial charge in [0.2, 0.25) is 5.91 Å². The van der Waals surface area contributed by atoms with Crippen LogP contribution in [0.4, 0.5) is 4.79 Å². The monoisotopic (exact) mass is 488 g/mol. The summed E-state index contributed by atoms with van der Waals surface area (Å²) in [5, 5.41) is 13.7. The topological polar surface area (TPSA) is 107 Å². The summed E-state index contributed by atoms with van der Waals surface area (Å²) in [5.74, 6) is -0.712. The minimum Gasteiger partial charge on any atom is -0.467 e. The van der Waals surface area contributed by atoms with E-state index in [9.17, 15) is 19.5 Å². The van der Waals surface area contributed by atoms with Gasteiger partial charge in [-0.25, -0.2) is 9.59 Å². The first-order chi connectivity index (χ1) is 15.9. The van der Waals surface area contributed by atoms with Crippen molar-refractivity contribution in [1.82, 2.24) is 9.88 Å². The van der Waals surface area contributed by atoms with Gasteiger partial charge in [0.05, 0.1) is 18.2 Å². The van der Waals surface area contributed by atoms with Gasteiger partial charge in [-0.1, -0.05) is 39.0 Å². The molecule has 0 bridgehead atoms. The number of amides is 1. The average Bonchev–Trinajstić information content (AvgIpc) is 3.06. The first kappa shape index (κ1) is 28.4. The van der Waals surface area contributed by atoms with E-state index in [4.69, 9.17) is 9.47 Å². The fourth-order valence-corrected chi connectivity index (χ4v) is 3.76. The van der Waals surface area contributed by atoms with Crippen LogP contribution in [0.5, 0.6) is 0 Å². The van der Waals surface area contributed by atoms with Crippen LogP contribution < -0.4 is 5.32 Å². The van der Waals surface area contributed by atoms with E-state index in [0.717, 1.165) is 16.5 Å². The van der Waals surface area contributed by atoms with Gasteiger partial charge in [0.25, 0.3) is 0 Å². The number of aromatic nitrogens is 1. The number of para-hydroxylation sites is 1. The van der Waals surface area contributed by atoms with Crippen LogP contribution >= 0.6 is 0 Å². The number of hydrogen-bond donors (Lipinski definition) is 2. The third-order valence-corrected chi connectivity index (χ3v) is 5.46. The second-order valence-corrected chi connectivity index (χ2v) is 11.6. The average molecular weight is 489 g/mol. The lowest BCUT2D eigenvalue weighted by molar-refractivity contribution is -0.143. The molecule has 1 heterocycles. The van der Waals surface area contributed by atoms with Gasteiger partial charge in [-0.3, -0.25) is 9.36 Å². The van der Waals surface area contributed by atoms with E-state index in [1.807, 2.05) is 39.0 Å². The van der Waals surface area contributed by atoms with Gasteiger partial charge in [-0.05, 0) is 58.6 Å². The van der Waals surface area contributed by atoms with Crippen molar-refractivity contribution in [2.45, 2.75) is 91.9 Å². The SMILES string of the molecule is COC(=O)[C@H](Cc1cn(C(=O)C(C)(C)C)c2c(CCC(C)(C)O)cccc12)NC(=O)OC(C)(C)C. The molecule has 0 fully saturated rings. The molecule has 2 aromatic rings. The van der Waals surface area contributed by atoms with Crippen molar-refractivity contribution in [3.63, 3.8) is 0 Å². The first-order valence-electron chi connectivity index (χ1n) is 11.9. The van der Waals surface area contributed by atoms with E-state index in [1.165, 1.54) is 7.11 Å². The number of nitrogens with zero attached hydrogens (tertiary/aromatic N) is 1. The zero-order valence-corrected chi connectivity index (χ0v) is 22.4. The number of benzene rings is 1. The Morgan fingerprint density at radius 3 is 2.17 bits per heavy atom. The van der Waals surface area contributed by atoms with Crippen LogP contribution in [-0.2, 0) is 27.1 Å². The van der Waals surface area contributed by atoms with E-state index < -0.39 is 34.7 Å². The summed E-state index contributed by atoms with van der Waals surface area (Å²) in [4.78, 5) is 38.3. The van der Waals surface area contributed by atoms with Crippen LogP contribution in [0.3, 0.4) is 0 Å². The van der Waals surface area contributed by atoms with E-state index in [2.05, 4.69) is 5.32 Å². The van der Waals surface area contributed by atoms with E-state index in [0.29, 0.717) is 18.4 Å². The molecule has 0 unspecified atom stereocenters. The fraction of sp³-hybridized carbons (Fsp3) is 0.593. The van der Waals surface area contributed by atoms with Crippen molar-refractivity contribution in [3.8, 4) is 0 Å². The van der Waals surface area contributed by atoms with Crippen molar-refractivity contribution in [1.29, 1.82) is 0 Å². The number of carbonyl (C=O) groups excluding carboxylic acids is 3. The third-order valence-electron chi connectivity index (χ3n) is 5.46. The van der Waals surface area contributed by atoms with E-state index in [-0.39, 0.29) is 12.3 Å². The summed E-state index contributed by atoms with van der Waals surface area (Å²) in [6.45, 7) is 14.3. The molecule has 8 heteroatoms. The zero-order chi connectivity index (χ0) is 26.8. The van der Waals surface area contributed by atoms with Crippen molar-refractivity contribution >= 4 is 28.9 Å². The Hall–Kier alpha value is -2.87. The summed E-state index contributed by atoms with van der Waals surface area (Å²) in [7, 11) is 1.26. The van der Waals surface area contributed by atoms with Gasteiger partial charge >= 0.3 is 12.1 Å². The summed E-state index contributed by atoms with van der Waals surface area (Å²) in [6, 6.07) is 4.73. The molecule has 0 saturated carbocycles. The number of aliphatic hydroxyl groups is 1. The van der Waals surface area contributed by atoms with Crippen LogP contribution in [0.15, 0.2) is 24.4 Å². The number of nitrogens with one attached hydrogen (secondary N) is 1. The van der Waals surface area contributed by atoms with E-state index >= 15 is 0 Å². The zero-order valence-electron chi connectivity index (χ0n) is 22.4. The largest absolute Gasteiger partial charge is 0.467 e.